The maximum Gasteiger partial charge on any atom is 0.150 e. The van der Waals surface area contributed by atoms with Crippen LogP contribution in [0.3, 0.4) is 0 Å². The van der Waals surface area contributed by atoms with Crippen LogP contribution in [0.15, 0.2) is 73.7 Å². The number of nitrogens with zero attached hydrogens (tertiary/aromatic N) is 3. The second-order valence-electron chi connectivity index (χ2n) is 6.30. The number of benzene rings is 2. The molecule has 4 nitrogen and oxygen atoms in total. The molecule has 0 aliphatic carbocycles. The van der Waals surface area contributed by atoms with Gasteiger partial charge in [0.2, 0.25) is 0 Å². The van der Waals surface area contributed by atoms with Crippen LogP contribution in [0.4, 0.5) is 5.82 Å². The highest BCUT2D eigenvalue weighted by molar-refractivity contribution is 6.31. The zero-order valence-corrected chi connectivity index (χ0v) is 15.7. The van der Waals surface area contributed by atoms with Gasteiger partial charge in [0.1, 0.15) is 12.1 Å². The number of anilines is 1. The Bertz CT molecular complexity index is 1120. The molecular weight excluding hydrogens is 356 g/mol. The molecule has 4 aromatic rings. The Morgan fingerprint density at radius 1 is 1.15 bits per heavy atom. The Hall–Kier alpha value is -3.11. The Morgan fingerprint density at radius 3 is 2.70 bits per heavy atom. The first-order valence-electron chi connectivity index (χ1n) is 8.72. The lowest BCUT2D eigenvalue weighted by Gasteiger charge is -2.08. The van der Waals surface area contributed by atoms with Crippen LogP contribution in [0.1, 0.15) is 5.56 Å². The van der Waals surface area contributed by atoms with Gasteiger partial charge in [-0.05, 0) is 30.2 Å². The summed E-state index contributed by atoms with van der Waals surface area (Å²) in [4.78, 5) is 9.03. The maximum atomic E-state index is 6.37. The molecule has 2 heterocycles. The highest BCUT2D eigenvalue weighted by Gasteiger charge is 2.17. The van der Waals surface area contributed by atoms with Crippen molar-refractivity contribution in [3.05, 3.63) is 84.3 Å². The Kier molecular flexibility index (Phi) is 4.65. The molecule has 0 saturated heterocycles. The molecule has 0 atom stereocenters. The molecule has 0 bridgehead atoms. The van der Waals surface area contributed by atoms with Crippen molar-refractivity contribution in [3.8, 4) is 16.8 Å². The molecule has 0 unspecified atom stereocenters. The first-order chi connectivity index (χ1) is 13.2. The molecular formula is C22H19ClN4. The second kappa shape index (κ2) is 7.25. The van der Waals surface area contributed by atoms with Crippen LogP contribution in [0.25, 0.3) is 27.8 Å². The average molecular weight is 375 g/mol. The predicted molar refractivity (Wildman–Crippen MR) is 113 cm³/mol. The van der Waals surface area contributed by atoms with E-state index in [-0.39, 0.29) is 0 Å². The molecule has 0 amide bonds. The van der Waals surface area contributed by atoms with E-state index in [2.05, 4.69) is 44.8 Å². The van der Waals surface area contributed by atoms with Gasteiger partial charge in [0.05, 0.1) is 5.39 Å². The summed E-state index contributed by atoms with van der Waals surface area (Å²) in [6.07, 6.45) is 5.48. The van der Waals surface area contributed by atoms with E-state index >= 15 is 0 Å². The lowest BCUT2D eigenvalue weighted by Crippen LogP contribution is -2.02. The van der Waals surface area contributed by atoms with Gasteiger partial charge < -0.3 is 9.88 Å². The van der Waals surface area contributed by atoms with Crippen molar-refractivity contribution < 1.29 is 0 Å². The summed E-state index contributed by atoms with van der Waals surface area (Å²) >= 11 is 6.37. The number of hydrogen-bond acceptors (Lipinski definition) is 3. The third kappa shape index (κ3) is 3.20. The highest BCUT2D eigenvalue weighted by atomic mass is 35.5. The number of aromatic nitrogens is 3. The molecule has 4 rings (SSSR count). The van der Waals surface area contributed by atoms with Gasteiger partial charge in [0.15, 0.2) is 5.65 Å². The normalized spacial score (nSPS) is 10.9. The number of hydrogen-bond donors (Lipinski definition) is 1. The van der Waals surface area contributed by atoms with E-state index in [4.69, 9.17) is 11.6 Å². The number of nitrogens with one attached hydrogen (secondary N) is 1. The summed E-state index contributed by atoms with van der Waals surface area (Å²) < 4.78 is 2.06. The van der Waals surface area contributed by atoms with Crippen molar-refractivity contribution in [1.82, 2.24) is 14.5 Å². The van der Waals surface area contributed by atoms with Gasteiger partial charge >= 0.3 is 0 Å². The van der Waals surface area contributed by atoms with Crippen molar-refractivity contribution in [2.45, 2.75) is 6.92 Å². The quantitative estimate of drug-likeness (QED) is 0.459. The summed E-state index contributed by atoms with van der Waals surface area (Å²) in [5, 5.41) is 5.03. The maximum absolute atomic E-state index is 6.37. The minimum absolute atomic E-state index is 0.627. The predicted octanol–water partition coefficient (Wildman–Crippen LogP) is 5.65. The Labute approximate surface area is 163 Å². The van der Waals surface area contributed by atoms with Gasteiger partial charge in [-0.3, -0.25) is 0 Å². The van der Waals surface area contributed by atoms with Crippen LogP contribution in [0.2, 0.25) is 5.02 Å². The summed E-state index contributed by atoms with van der Waals surface area (Å²) in [5.41, 5.74) is 5.01. The van der Waals surface area contributed by atoms with E-state index < -0.39 is 0 Å². The van der Waals surface area contributed by atoms with Crippen LogP contribution in [0.5, 0.6) is 0 Å². The molecule has 5 heteroatoms. The largest absolute Gasteiger partial charge is 0.366 e. The van der Waals surface area contributed by atoms with Crippen molar-refractivity contribution in [3.63, 3.8) is 0 Å². The van der Waals surface area contributed by atoms with E-state index in [1.807, 2.05) is 49.4 Å². The van der Waals surface area contributed by atoms with Gasteiger partial charge in [-0.15, -0.1) is 6.58 Å². The van der Waals surface area contributed by atoms with Crippen LogP contribution >= 0.6 is 11.6 Å². The van der Waals surface area contributed by atoms with Gasteiger partial charge in [-0.25, -0.2) is 9.97 Å². The Morgan fingerprint density at radius 2 is 1.96 bits per heavy atom. The summed E-state index contributed by atoms with van der Waals surface area (Å²) in [6, 6.07) is 16.3. The van der Waals surface area contributed by atoms with Crippen molar-refractivity contribution in [2.24, 2.45) is 0 Å². The standard InChI is InChI=1S/C22H19ClN4/c1-3-11-24-21-20-18(16-7-5-4-6-8-16)13-27(22(20)26-14-25-21)17-10-9-15(2)19(23)12-17/h3-10,12-14H,1,11H2,2H3,(H,24,25,26). The van der Waals surface area contributed by atoms with E-state index in [1.54, 1.807) is 6.33 Å². The molecule has 0 aliphatic heterocycles. The molecule has 27 heavy (non-hydrogen) atoms. The molecule has 0 radical (unpaired) electrons. The highest BCUT2D eigenvalue weighted by Crippen LogP contribution is 2.35. The minimum atomic E-state index is 0.627. The third-order valence-electron chi connectivity index (χ3n) is 4.52. The topological polar surface area (TPSA) is 42.7 Å². The Balaban J connectivity index is 2.00. The molecule has 0 fully saturated rings. The molecule has 1 N–H and O–H groups in total. The zero-order valence-electron chi connectivity index (χ0n) is 15.0. The first kappa shape index (κ1) is 17.3. The molecule has 2 aromatic carbocycles. The number of rotatable bonds is 5. The van der Waals surface area contributed by atoms with Crippen LogP contribution in [-0.2, 0) is 0 Å². The lowest BCUT2D eigenvalue weighted by molar-refractivity contribution is 1.07. The fraction of sp³-hybridized carbons (Fsp3) is 0.0909. The zero-order chi connectivity index (χ0) is 18.8. The molecule has 0 spiro atoms. The fourth-order valence-corrected chi connectivity index (χ4v) is 3.30. The molecule has 0 saturated carbocycles. The number of aryl methyl sites for hydroxylation is 1. The van der Waals surface area contributed by atoms with Crippen molar-refractivity contribution in [2.75, 3.05) is 11.9 Å². The number of fused-ring (bicyclic) bond motifs is 1. The van der Waals surface area contributed by atoms with Gasteiger partial charge in [0, 0.05) is 29.0 Å². The van der Waals surface area contributed by atoms with Crippen molar-refractivity contribution in [1.29, 1.82) is 0 Å². The summed E-state index contributed by atoms with van der Waals surface area (Å²) in [5.74, 6) is 0.788. The van der Waals surface area contributed by atoms with Crippen LogP contribution in [0, 0.1) is 6.92 Å². The van der Waals surface area contributed by atoms with E-state index in [9.17, 15) is 0 Å². The molecule has 134 valence electrons. The van der Waals surface area contributed by atoms with Crippen LogP contribution in [-0.4, -0.2) is 21.1 Å². The minimum Gasteiger partial charge on any atom is -0.366 e. The summed E-state index contributed by atoms with van der Waals surface area (Å²) in [7, 11) is 0. The van der Waals surface area contributed by atoms with Crippen molar-refractivity contribution >= 4 is 28.5 Å². The van der Waals surface area contributed by atoms with Gasteiger partial charge in [-0.1, -0.05) is 54.1 Å². The van der Waals surface area contributed by atoms with Gasteiger partial charge in [-0.2, -0.15) is 0 Å². The molecule has 0 aliphatic rings. The monoisotopic (exact) mass is 374 g/mol. The lowest BCUT2D eigenvalue weighted by atomic mass is 10.1. The number of halogens is 1. The fourth-order valence-electron chi connectivity index (χ4n) is 3.13. The van der Waals surface area contributed by atoms with E-state index in [0.717, 1.165) is 44.3 Å². The summed E-state index contributed by atoms with van der Waals surface area (Å²) in [6.45, 7) is 6.40. The SMILES string of the molecule is C=CCNc1ncnc2c1c(-c1ccccc1)cn2-c1ccc(C)c(Cl)c1. The first-order valence-corrected chi connectivity index (χ1v) is 9.09. The second-order valence-corrected chi connectivity index (χ2v) is 6.71. The van der Waals surface area contributed by atoms with E-state index in [1.165, 1.54) is 0 Å². The smallest absolute Gasteiger partial charge is 0.150 e. The van der Waals surface area contributed by atoms with Gasteiger partial charge in [0.25, 0.3) is 0 Å². The van der Waals surface area contributed by atoms with E-state index in [0.29, 0.717) is 6.54 Å². The van der Waals surface area contributed by atoms with Crippen LogP contribution < -0.4 is 5.32 Å². The average Bonchev–Trinajstić information content (AvgIpc) is 3.09. The third-order valence-corrected chi connectivity index (χ3v) is 4.92. The molecule has 2 aromatic heterocycles.